The first kappa shape index (κ1) is 16.0. The van der Waals surface area contributed by atoms with E-state index in [1.54, 1.807) is 0 Å². The normalized spacial score (nSPS) is 25.8. The van der Waals surface area contributed by atoms with E-state index in [-0.39, 0.29) is 24.1 Å². The highest BCUT2D eigenvalue weighted by Gasteiger charge is 2.23. The van der Waals surface area contributed by atoms with Crippen LogP contribution in [0.1, 0.15) is 38.5 Å². The first-order valence-electron chi connectivity index (χ1n) is 7.28. The van der Waals surface area contributed by atoms with Gasteiger partial charge >= 0.3 is 11.9 Å². The summed E-state index contributed by atoms with van der Waals surface area (Å²) in [4.78, 5) is 21.9. The van der Waals surface area contributed by atoms with Gasteiger partial charge in [-0.1, -0.05) is 0 Å². The van der Waals surface area contributed by atoms with Crippen molar-refractivity contribution in [2.24, 2.45) is 0 Å². The smallest absolute Gasteiger partial charge is 0.306 e. The van der Waals surface area contributed by atoms with Crippen LogP contribution < -0.4 is 0 Å². The van der Waals surface area contributed by atoms with Crippen LogP contribution in [0, 0.1) is 0 Å². The SMILES string of the molecule is O=C1CCC(CCSCCSCCC2CCC(=O)O2)O1. The fourth-order valence-electron chi connectivity index (χ4n) is 2.32. The summed E-state index contributed by atoms with van der Waals surface area (Å²) < 4.78 is 10.3. The van der Waals surface area contributed by atoms with Crippen LogP contribution in [-0.4, -0.2) is 47.2 Å². The molecule has 2 heterocycles. The summed E-state index contributed by atoms with van der Waals surface area (Å²) in [6.45, 7) is 0. The number of cyclic esters (lactones) is 2. The Morgan fingerprint density at radius 1 is 0.800 bits per heavy atom. The van der Waals surface area contributed by atoms with Crippen LogP contribution >= 0.6 is 23.5 Å². The summed E-state index contributed by atoms with van der Waals surface area (Å²) in [5.74, 6) is 4.33. The summed E-state index contributed by atoms with van der Waals surface area (Å²) in [5, 5.41) is 0. The molecule has 2 aliphatic heterocycles. The molecule has 0 aromatic heterocycles. The molecular weight excluding hydrogens is 296 g/mol. The highest BCUT2D eigenvalue weighted by molar-refractivity contribution is 8.02. The number of esters is 2. The van der Waals surface area contributed by atoms with E-state index in [2.05, 4.69) is 0 Å². The fourth-order valence-corrected chi connectivity index (χ4v) is 4.53. The van der Waals surface area contributed by atoms with Crippen LogP contribution in [0.5, 0.6) is 0 Å². The van der Waals surface area contributed by atoms with Gasteiger partial charge in [-0.2, -0.15) is 23.5 Å². The van der Waals surface area contributed by atoms with E-state index in [0.717, 1.165) is 48.7 Å². The zero-order valence-corrected chi connectivity index (χ0v) is 13.3. The van der Waals surface area contributed by atoms with Gasteiger partial charge in [0.25, 0.3) is 0 Å². The predicted octanol–water partition coefficient (Wildman–Crippen LogP) is 2.64. The van der Waals surface area contributed by atoms with Crippen molar-refractivity contribution in [1.29, 1.82) is 0 Å². The molecule has 0 aromatic carbocycles. The summed E-state index contributed by atoms with van der Waals surface area (Å²) in [6.07, 6.45) is 5.29. The molecule has 4 nitrogen and oxygen atoms in total. The van der Waals surface area contributed by atoms with Crippen molar-refractivity contribution < 1.29 is 19.1 Å². The third-order valence-corrected chi connectivity index (χ3v) is 5.77. The van der Waals surface area contributed by atoms with E-state index >= 15 is 0 Å². The molecule has 0 aliphatic carbocycles. The first-order chi connectivity index (χ1) is 9.74. The van der Waals surface area contributed by atoms with Crippen molar-refractivity contribution in [3.63, 3.8) is 0 Å². The number of thioether (sulfide) groups is 2. The number of hydrogen-bond donors (Lipinski definition) is 0. The predicted molar refractivity (Wildman–Crippen MR) is 82.1 cm³/mol. The van der Waals surface area contributed by atoms with Crippen LogP contribution in [0.4, 0.5) is 0 Å². The Morgan fingerprint density at radius 2 is 1.25 bits per heavy atom. The molecule has 2 unspecified atom stereocenters. The van der Waals surface area contributed by atoms with Gasteiger partial charge < -0.3 is 9.47 Å². The first-order valence-corrected chi connectivity index (χ1v) is 9.59. The van der Waals surface area contributed by atoms with E-state index in [0.29, 0.717) is 12.8 Å². The quantitative estimate of drug-likeness (QED) is 0.481. The Balaban J connectivity index is 1.35. The lowest BCUT2D eigenvalue weighted by Crippen LogP contribution is -2.08. The summed E-state index contributed by atoms with van der Waals surface area (Å²) >= 11 is 3.85. The topological polar surface area (TPSA) is 52.6 Å². The van der Waals surface area contributed by atoms with Crippen LogP contribution in [-0.2, 0) is 19.1 Å². The average molecular weight is 318 g/mol. The minimum Gasteiger partial charge on any atom is -0.462 e. The zero-order valence-electron chi connectivity index (χ0n) is 11.7. The molecule has 0 N–H and O–H groups in total. The molecule has 114 valence electrons. The third-order valence-electron chi connectivity index (χ3n) is 3.48. The third kappa shape index (κ3) is 5.95. The summed E-state index contributed by atoms with van der Waals surface area (Å²) in [7, 11) is 0. The van der Waals surface area contributed by atoms with E-state index in [9.17, 15) is 9.59 Å². The minimum absolute atomic E-state index is 0.0387. The largest absolute Gasteiger partial charge is 0.462 e. The van der Waals surface area contributed by atoms with Gasteiger partial charge in [-0.15, -0.1) is 0 Å². The van der Waals surface area contributed by atoms with Crippen molar-refractivity contribution in [3.8, 4) is 0 Å². The molecule has 2 atom stereocenters. The molecular formula is C14H22O4S2. The molecule has 6 heteroatoms. The van der Waals surface area contributed by atoms with Gasteiger partial charge in [-0.05, 0) is 37.2 Å². The highest BCUT2D eigenvalue weighted by Crippen LogP contribution is 2.21. The lowest BCUT2D eigenvalue weighted by Gasteiger charge is -2.09. The molecule has 2 saturated heterocycles. The highest BCUT2D eigenvalue weighted by atomic mass is 32.2. The second-order valence-corrected chi connectivity index (χ2v) is 7.55. The Hall–Kier alpha value is -0.360. The van der Waals surface area contributed by atoms with Gasteiger partial charge in [-0.3, -0.25) is 9.59 Å². The molecule has 0 aromatic rings. The van der Waals surface area contributed by atoms with Crippen molar-refractivity contribution in [2.75, 3.05) is 23.0 Å². The van der Waals surface area contributed by atoms with E-state index in [1.165, 1.54) is 0 Å². The molecule has 20 heavy (non-hydrogen) atoms. The fraction of sp³-hybridized carbons (Fsp3) is 0.857. The van der Waals surface area contributed by atoms with Gasteiger partial charge in [-0.25, -0.2) is 0 Å². The van der Waals surface area contributed by atoms with Gasteiger partial charge in [0, 0.05) is 24.3 Å². The Kier molecular flexibility index (Phi) is 7.07. The van der Waals surface area contributed by atoms with Crippen molar-refractivity contribution >= 4 is 35.5 Å². The number of hydrogen-bond acceptors (Lipinski definition) is 6. The Bertz CT molecular complexity index is 303. The molecule has 0 amide bonds. The maximum atomic E-state index is 10.9. The van der Waals surface area contributed by atoms with Crippen LogP contribution in [0.25, 0.3) is 0 Å². The standard InChI is InChI=1S/C14H22O4S2/c15-13-3-1-11(17-13)5-7-19-9-10-20-8-6-12-2-4-14(16)18-12/h11-12H,1-10H2. The molecule has 0 saturated carbocycles. The zero-order chi connectivity index (χ0) is 14.2. The molecule has 2 aliphatic rings. The number of rotatable bonds is 9. The van der Waals surface area contributed by atoms with Crippen molar-refractivity contribution in [2.45, 2.75) is 50.7 Å². The van der Waals surface area contributed by atoms with E-state index in [1.807, 2.05) is 23.5 Å². The number of carbonyl (C=O) groups is 2. The van der Waals surface area contributed by atoms with Crippen molar-refractivity contribution in [1.82, 2.24) is 0 Å². The lowest BCUT2D eigenvalue weighted by molar-refractivity contribution is -0.142. The molecule has 2 rings (SSSR count). The average Bonchev–Trinajstić information content (AvgIpc) is 3.02. The van der Waals surface area contributed by atoms with Gasteiger partial charge in [0.15, 0.2) is 0 Å². The van der Waals surface area contributed by atoms with E-state index in [4.69, 9.17) is 9.47 Å². The number of carbonyl (C=O) groups excluding carboxylic acids is 2. The van der Waals surface area contributed by atoms with Crippen molar-refractivity contribution in [3.05, 3.63) is 0 Å². The maximum Gasteiger partial charge on any atom is 0.306 e. The van der Waals surface area contributed by atoms with Gasteiger partial charge in [0.05, 0.1) is 0 Å². The van der Waals surface area contributed by atoms with E-state index < -0.39 is 0 Å². The molecule has 0 spiro atoms. The van der Waals surface area contributed by atoms with Crippen LogP contribution in [0.2, 0.25) is 0 Å². The molecule has 0 bridgehead atoms. The minimum atomic E-state index is -0.0387. The summed E-state index contributed by atoms with van der Waals surface area (Å²) in [6, 6.07) is 0. The maximum absolute atomic E-state index is 10.9. The number of ether oxygens (including phenoxy) is 2. The molecule has 2 fully saturated rings. The summed E-state index contributed by atoms with van der Waals surface area (Å²) in [5.41, 5.74) is 0. The monoisotopic (exact) mass is 318 g/mol. The van der Waals surface area contributed by atoms with Gasteiger partial charge in [0.2, 0.25) is 0 Å². The second-order valence-electron chi connectivity index (χ2n) is 5.10. The van der Waals surface area contributed by atoms with Crippen LogP contribution in [0.15, 0.2) is 0 Å². The Labute approximate surface area is 128 Å². The van der Waals surface area contributed by atoms with Gasteiger partial charge in [0.1, 0.15) is 12.2 Å². The Morgan fingerprint density at radius 3 is 1.60 bits per heavy atom. The lowest BCUT2D eigenvalue weighted by atomic mass is 10.2. The second kappa shape index (κ2) is 8.82. The van der Waals surface area contributed by atoms with Crippen LogP contribution in [0.3, 0.4) is 0 Å². The molecule has 0 radical (unpaired) electrons.